The Hall–Kier alpha value is -1.13. The lowest BCUT2D eigenvalue weighted by molar-refractivity contribution is 0.0558. The molecule has 4 heteroatoms. The number of methoxy groups -OCH3 is 1. The van der Waals surface area contributed by atoms with Gasteiger partial charge in [-0.2, -0.15) is 0 Å². The summed E-state index contributed by atoms with van der Waals surface area (Å²) in [6.07, 6.45) is 1.63. The summed E-state index contributed by atoms with van der Waals surface area (Å²) < 4.78 is 10.6. The van der Waals surface area contributed by atoms with Crippen molar-refractivity contribution in [2.24, 2.45) is 5.73 Å². The standard InChI is InChI=1S/C11H18N2O2/c1-4-15-8(2)10(12)11-9(14-3)6-5-7-13-11/h5-8,10H,4,12H2,1-3H3. The highest BCUT2D eigenvalue weighted by Gasteiger charge is 2.19. The molecule has 0 aliphatic carbocycles. The first kappa shape index (κ1) is 11.9. The van der Waals surface area contributed by atoms with E-state index in [0.717, 1.165) is 5.69 Å². The SMILES string of the molecule is CCOC(C)C(N)c1ncccc1OC. The predicted molar refractivity (Wildman–Crippen MR) is 58.8 cm³/mol. The monoisotopic (exact) mass is 210 g/mol. The van der Waals surface area contributed by atoms with E-state index in [1.807, 2.05) is 26.0 Å². The lowest BCUT2D eigenvalue weighted by Crippen LogP contribution is -2.27. The molecule has 1 aromatic heterocycles. The first-order chi connectivity index (χ1) is 7.20. The van der Waals surface area contributed by atoms with Crippen LogP contribution in [0.5, 0.6) is 5.75 Å². The van der Waals surface area contributed by atoms with Crippen LogP contribution in [0.15, 0.2) is 18.3 Å². The van der Waals surface area contributed by atoms with Crippen molar-refractivity contribution in [1.29, 1.82) is 0 Å². The minimum atomic E-state index is -0.263. The van der Waals surface area contributed by atoms with E-state index in [1.54, 1.807) is 13.3 Å². The molecule has 0 amide bonds. The molecule has 0 bridgehead atoms. The van der Waals surface area contributed by atoms with Gasteiger partial charge in [-0.1, -0.05) is 0 Å². The quantitative estimate of drug-likeness (QED) is 0.800. The van der Waals surface area contributed by atoms with Crippen LogP contribution in [0.4, 0.5) is 0 Å². The van der Waals surface area contributed by atoms with Crippen LogP contribution in [0, 0.1) is 0 Å². The lowest BCUT2D eigenvalue weighted by Gasteiger charge is -2.20. The summed E-state index contributed by atoms with van der Waals surface area (Å²) in [5, 5.41) is 0. The highest BCUT2D eigenvalue weighted by molar-refractivity contribution is 5.29. The molecule has 0 spiro atoms. The van der Waals surface area contributed by atoms with Crippen molar-refractivity contribution < 1.29 is 9.47 Å². The summed E-state index contributed by atoms with van der Waals surface area (Å²) in [5.41, 5.74) is 6.77. The van der Waals surface area contributed by atoms with Crippen molar-refractivity contribution in [3.8, 4) is 5.75 Å². The van der Waals surface area contributed by atoms with Crippen molar-refractivity contribution in [1.82, 2.24) is 4.98 Å². The molecule has 1 aromatic rings. The van der Waals surface area contributed by atoms with Crippen molar-refractivity contribution in [3.05, 3.63) is 24.0 Å². The third-order valence-electron chi connectivity index (χ3n) is 2.27. The van der Waals surface area contributed by atoms with E-state index in [-0.39, 0.29) is 12.1 Å². The van der Waals surface area contributed by atoms with Crippen molar-refractivity contribution in [3.63, 3.8) is 0 Å². The Morgan fingerprint density at radius 3 is 2.87 bits per heavy atom. The number of hydrogen-bond acceptors (Lipinski definition) is 4. The molecule has 2 unspecified atom stereocenters. The molecule has 4 nitrogen and oxygen atoms in total. The molecule has 0 aliphatic heterocycles. The van der Waals surface area contributed by atoms with Gasteiger partial charge in [0.05, 0.1) is 19.3 Å². The van der Waals surface area contributed by atoms with Gasteiger partial charge in [0.15, 0.2) is 0 Å². The molecule has 0 radical (unpaired) electrons. The summed E-state index contributed by atoms with van der Waals surface area (Å²) in [5.74, 6) is 0.705. The van der Waals surface area contributed by atoms with E-state index in [1.165, 1.54) is 0 Å². The Kier molecular flexibility index (Phi) is 4.52. The van der Waals surface area contributed by atoms with E-state index in [4.69, 9.17) is 15.2 Å². The van der Waals surface area contributed by atoms with Gasteiger partial charge in [0, 0.05) is 12.8 Å². The number of nitrogens with zero attached hydrogens (tertiary/aromatic N) is 1. The van der Waals surface area contributed by atoms with Crippen molar-refractivity contribution >= 4 is 0 Å². The largest absolute Gasteiger partial charge is 0.495 e. The molecule has 84 valence electrons. The van der Waals surface area contributed by atoms with Gasteiger partial charge in [0.25, 0.3) is 0 Å². The Morgan fingerprint density at radius 1 is 1.53 bits per heavy atom. The van der Waals surface area contributed by atoms with Gasteiger partial charge >= 0.3 is 0 Å². The van der Waals surface area contributed by atoms with Gasteiger partial charge in [-0.05, 0) is 26.0 Å². The lowest BCUT2D eigenvalue weighted by atomic mass is 10.1. The van der Waals surface area contributed by atoms with E-state index in [0.29, 0.717) is 12.4 Å². The molecule has 0 fully saturated rings. The van der Waals surface area contributed by atoms with Crippen LogP contribution in [-0.4, -0.2) is 24.8 Å². The minimum absolute atomic E-state index is 0.0706. The second-order valence-electron chi connectivity index (χ2n) is 3.28. The molecule has 0 saturated carbocycles. The number of aromatic nitrogens is 1. The molecule has 1 rings (SSSR count). The van der Waals surface area contributed by atoms with E-state index >= 15 is 0 Å². The summed E-state index contributed by atoms with van der Waals surface area (Å²) in [4.78, 5) is 4.22. The van der Waals surface area contributed by atoms with Crippen LogP contribution in [0.1, 0.15) is 25.6 Å². The molecular formula is C11H18N2O2. The van der Waals surface area contributed by atoms with Gasteiger partial charge in [0.2, 0.25) is 0 Å². The van der Waals surface area contributed by atoms with Gasteiger partial charge in [0.1, 0.15) is 11.4 Å². The smallest absolute Gasteiger partial charge is 0.142 e. The average Bonchev–Trinajstić information content (AvgIpc) is 2.28. The highest BCUT2D eigenvalue weighted by atomic mass is 16.5. The Balaban J connectivity index is 2.84. The average molecular weight is 210 g/mol. The summed E-state index contributed by atoms with van der Waals surface area (Å²) >= 11 is 0. The zero-order valence-electron chi connectivity index (χ0n) is 9.43. The zero-order valence-corrected chi connectivity index (χ0v) is 9.43. The number of nitrogens with two attached hydrogens (primary N) is 1. The van der Waals surface area contributed by atoms with Gasteiger partial charge in [-0.25, -0.2) is 0 Å². The fourth-order valence-corrected chi connectivity index (χ4v) is 1.41. The molecular weight excluding hydrogens is 192 g/mol. The first-order valence-corrected chi connectivity index (χ1v) is 5.06. The molecule has 2 atom stereocenters. The second-order valence-corrected chi connectivity index (χ2v) is 3.28. The number of hydrogen-bond donors (Lipinski definition) is 1. The Labute approximate surface area is 90.4 Å². The third kappa shape index (κ3) is 2.91. The number of ether oxygens (including phenoxy) is 2. The minimum Gasteiger partial charge on any atom is -0.495 e. The van der Waals surface area contributed by atoms with Gasteiger partial charge < -0.3 is 15.2 Å². The Morgan fingerprint density at radius 2 is 2.27 bits per heavy atom. The van der Waals surface area contributed by atoms with Crippen LogP contribution in [0.2, 0.25) is 0 Å². The zero-order chi connectivity index (χ0) is 11.3. The summed E-state index contributed by atoms with van der Waals surface area (Å²) in [6, 6.07) is 3.41. The topological polar surface area (TPSA) is 57.4 Å². The summed E-state index contributed by atoms with van der Waals surface area (Å²) in [7, 11) is 1.61. The van der Waals surface area contributed by atoms with Crippen molar-refractivity contribution in [2.45, 2.75) is 26.0 Å². The predicted octanol–water partition coefficient (Wildman–Crippen LogP) is 1.52. The second kappa shape index (κ2) is 5.68. The van der Waals surface area contributed by atoms with Crippen LogP contribution in [0.25, 0.3) is 0 Å². The molecule has 15 heavy (non-hydrogen) atoms. The highest BCUT2D eigenvalue weighted by Crippen LogP contribution is 2.23. The van der Waals surface area contributed by atoms with Crippen LogP contribution in [-0.2, 0) is 4.74 Å². The number of pyridine rings is 1. The Bertz CT molecular complexity index is 304. The molecule has 2 N–H and O–H groups in total. The van der Waals surface area contributed by atoms with Crippen molar-refractivity contribution in [2.75, 3.05) is 13.7 Å². The van der Waals surface area contributed by atoms with Crippen LogP contribution in [0.3, 0.4) is 0 Å². The van der Waals surface area contributed by atoms with E-state index in [2.05, 4.69) is 4.98 Å². The molecule has 0 saturated heterocycles. The normalized spacial score (nSPS) is 14.7. The molecule has 0 aliphatic rings. The van der Waals surface area contributed by atoms with Gasteiger partial charge in [-0.3, -0.25) is 4.98 Å². The molecule has 1 heterocycles. The summed E-state index contributed by atoms with van der Waals surface area (Å²) in [6.45, 7) is 4.52. The maximum absolute atomic E-state index is 6.03. The van der Waals surface area contributed by atoms with E-state index < -0.39 is 0 Å². The fourth-order valence-electron chi connectivity index (χ4n) is 1.41. The van der Waals surface area contributed by atoms with Gasteiger partial charge in [-0.15, -0.1) is 0 Å². The number of rotatable bonds is 5. The maximum Gasteiger partial charge on any atom is 0.142 e. The first-order valence-electron chi connectivity index (χ1n) is 5.06. The molecule has 0 aromatic carbocycles. The third-order valence-corrected chi connectivity index (χ3v) is 2.27. The maximum atomic E-state index is 6.03. The van der Waals surface area contributed by atoms with Crippen LogP contribution < -0.4 is 10.5 Å². The van der Waals surface area contributed by atoms with Crippen LogP contribution >= 0.6 is 0 Å². The fraction of sp³-hybridized carbons (Fsp3) is 0.545. The van der Waals surface area contributed by atoms with E-state index in [9.17, 15) is 0 Å².